The van der Waals surface area contributed by atoms with E-state index < -0.39 is 0 Å². The average molecular weight is 326 g/mol. The lowest BCUT2D eigenvalue weighted by Gasteiger charge is -2.34. The zero-order valence-corrected chi connectivity index (χ0v) is 14.1. The van der Waals surface area contributed by atoms with Gasteiger partial charge in [-0.15, -0.1) is 11.3 Å². The van der Waals surface area contributed by atoms with E-state index in [-0.39, 0.29) is 5.91 Å². The lowest BCUT2D eigenvalue weighted by molar-refractivity contribution is -0.129. The van der Waals surface area contributed by atoms with Crippen molar-refractivity contribution in [2.24, 2.45) is 0 Å². The minimum atomic E-state index is 0.179. The van der Waals surface area contributed by atoms with Gasteiger partial charge in [-0.3, -0.25) is 4.79 Å². The summed E-state index contributed by atoms with van der Waals surface area (Å²) >= 11 is 1.64. The molecule has 1 amide bonds. The van der Waals surface area contributed by atoms with Gasteiger partial charge >= 0.3 is 0 Å². The second-order valence-electron chi connectivity index (χ2n) is 6.62. The molecule has 2 aromatic rings. The van der Waals surface area contributed by atoms with Crippen LogP contribution >= 0.6 is 11.3 Å². The predicted molar refractivity (Wildman–Crippen MR) is 95.4 cm³/mol. The van der Waals surface area contributed by atoms with Gasteiger partial charge in [0.2, 0.25) is 5.91 Å². The quantitative estimate of drug-likeness (QED) is 0.767. The minimum absolute atomic E-state index is 0.179. The largest absolute Gasteiger partial charge is 0.333 e. The minimum Gasteiger partial charge on any atom is -0.333 e. The highest BCUT2D eigenvalue weighted by atomic mass is 32.1. The number of amides is 1. The Morgan fingerprint density at radius 1 is 1.09 bits per heavy atom. The average Bonchev–Trinajstić information content (AvgIpc) is 3.32. The van der Waals surface area contributed by atoms with Crippen molar-refractivity contribution >= 4 is 33.5 Å². The molecule has 0 spiro atoms. The monoisotopic (exact) mass is 326 g/mol. The SMILES string of the molecule is O=C(/C=C/c1nc2ccccc2s1)N(C1CCCCC1)C1CC1. The van der Waals surface area contributed by atoms with Crippen LogP contribution in [0.5, 0.6) is 0 Å². The van der Waals surface area contributed by atoms with E-state index in [1.807, 2.05) is 24.3 Å². The van der Waals surface area contributed by atoms with Gasteiger partial charge in [-0.2, -0.15) is 0 Å². The molecule has 0 bridgehead atoms. The Balaban J connectivity index is 1.50. The molecule has 3 nitrogen and oxygen atoms in total. The Labute approximate surface area is 141 Å². The zero-order valence-electron chi connectivity index (χ0n) is 13.3. The fourth-order valence-electron chi connectivity index (χ4n) is 3.56. The third-order valence-corrected chi connectivity index (χ3v) is 5.84. The first-order valence-electron chi connectivity index (χ1n) is 8.67. The molecule has 1 aromatic carbocycles. The van der Waals surface area contributed by atoms with Gasteiger partial charge in [-0.1, -0.05) is 31.4 Å². The molecular formula is C19H22N2OS. The normalized spacial score (nSPS) is 19.5. The molecule has 2 fully saturated rings. The van der Waals surface area contributed by atoms with Gasteiger partial charge < -0.3 is 4.90 Å². The van der Waals surface area contributed by atoms with E-state index in [0.29, 0.717) is 12.1 Å². The summed E-state index contributed by atoms with van der Waals surface area (Å²) in [6, 6.07) is 9.07. The van der Waals surface area contributed by atoms with Gasteiger partial charge in [-0.05, 0) is 43.9 Å². The van der Waals surface area contributed by atoms with E-state index in [1.54, 1.807) is 17.4 Å². The second kappa shape index (κ2) is 6.44. The maximum Gasteiger partial charge on any atom is 0.247 e. The van der Waals surface area contributed by atoms with E-state index in [2.05, 4.69) is 16.0 Å². The molecule has 2 aliphatic rings. The predicted octanol–water partition coefficient (Wildman–Crippen LogP) is 4.63. The van der Waals surface area contributed by atoms with E-state index in [0.717, 1.165) is 10.5 Å². The van der Waals surface area contributed by atoms with Crippen molar-refractivity contribution in [2.45, 2.75) is 57.0 Å². The van der Waals surface area contributed by atoms with Crippen molar-refractivity contribution in [3.05, 3.63) is 35.3 Å². The Morgan fingerprint density at radius 3 is 2.57 bits per heavy atom. The first-order chi connectivity index (χ1) is 11.3. The van der Waals surface area contributed by atoms with Crippen LogP contribution in [0.25, 0.3) is 16.3 Å². The van der Waals surface area contributed by atoms with Crippen molar-refractivity contribution < 1.29 is 4.79 Å². The van der Waals surface area contributed by atoms with Crippen LogP contribution in [0.1, 0.15) is 50.0 Å². The van der Waals surface area contributed by atoms with Gasteiger partial charge in [0.25, 0.3) is 0 Å². The number of carbonyl (C=O) groups is 1. The highest BCUT2D eigenvalue weighted by molar-refractivity contribution is 7.19. The topological polar surface area (TPSA) is 33.2 Å². The number of thiazole rings is 1. The molecule has 0 unspecified atom stereocenters. The van der Waals surface area contributed by atoms with Gasteiger partial charge in [-0.25, -0.2) is 4.98 Å². The van der Waals surface area contributed by atoms with Crippen LogP contribution < -0.4 is 0 Å². The Bertz CT molecular complexity index is 693. The number of para-hydroxylation sites is 1. The third-order valence-electron chi connectivity index (χ3n) is 4.84. The molecule has 0 aliphatic heterocycles. The molecular weight excluding hydrogens is 304 g/mol. The summed E-state index contributed by atoms with van der Waals surface area (Å²) in [5.41, 5.74) is 1.01. The van der Waals surface area contributed by atoms with Crippen LogP contribution in [0.4, 0.5) is 0 Å². The van der Waals surface area contributed by atoms with E-state index in [4.69, 9.17) is 0 Å². The maximum absolute atomic E-state index is 12.7. The number of carbonyl (C=O) groups excluding carboxylic acids is 1. The molecule has 1 aromatic heterocycles. The summed E-state index contributed by atoms with van der Waals surface area (Å²) in [6.07, 6.45) is 12.2. The van der Waals surface area contributed by atoms with E-state index in [1.165, 1.54) is 49.6 Å². The van der Waals surface area contributed by atoms with Gasteiger partial charge in [0, 0.05) is 18.2 Å². The van der Waals surface area contributed by atoms with Gasteiger partial charge in [0.1, 0.15) is 5.01 Å². The van der Waals surface area contributed by atoms with Crippen LogP contribution in [0.3, 0.4) is 0 Å². The lowest BCUT2D eigenvalue weighted by Crippen LogP contribution is -2.42. The number of nitrogens with zero attached hydrogens (tertiary/aromatic N) is 2. The number of fused-ring (bicyclic) bond motifs is 1. The number of hydrogen-bond acceptors (Lipinski definition) is 3. The van der Waals surface area contributed by atoms with Crippen LogP contribution in [0, 0.1) is 0 Å². The van der Waals surface area contributed by atoms with Crippen LogP contribution in [0.15, 0.2) is 30.3 Å². The van der Waals surface area contributed by atoms with Crippen molar-refractivity contribution in [1.82, 2.24) is 9.88 Å². The van der Waals surface area contributed by atoms with Crippen molar-refractivity contribution in [3.63, 3.8) is 0 Å². The number of rotatable bonds is 4. The molecule has 1 heterocycles. The Kier molecular flexibility index (Phi) is 4.17. The summed E-state index contributed by atoms with van der Waals surface area (Å²) in [7, 11) is 0. The summed E-state index contributed by atoms with van der Waals surface area (Å²) in [5.74, 6) is 0.179. The molecule has 2 aliphatic carbocycles. The Morgan fingerprint density at radius 2 is 1.83 bits per heavy atom. The highest BCUT2D eigenvalue weighted by Gasteiger charge is 2.36. The van der Waals surface area contributed by atoms with Gasteiger partial charge in [0.15, 0.2) is 0 Å². The molecule has 4 heteroatoms. The van der Waals surface area contributed by atoms with E-state index >= 15 is 0 Å². The molecule has 0 atom stereocenters. The number of hydrogen-bond donors (Lipinski definition) is 0. The summed E-state index contributed by atoms with van der Waals surface area (Å²) in [6.45, 7) is 0. The summed E-state index contributed by atoms with van der Waals surface area (Å²) in [4.78, 5) is 19.5. The maximum atomic E-state index is 12.7. The molecule has 120 valence electrons. The van der Waals surface area contributed by atoms with Crippen LogP contribution in [-0.4, -0.2) is 27.9 Å². The van der Waals surface area contributed by atoms with Crippen LogP contribution in [0.2, 0.25) is 0 Å². The molecule has 0 saturated heterocycles. The van der Waals surface area contributed by atoms with Crippen molar-refractivity contribution in [3.8, 4) is 0 Å². The summed E-state index contributed by atoms with van der Waals surface area (Å²) in [5, 5.41) is 0.916. The number of aromatic nitrogens is 1. The molecule has 4 rings (SSSR count). The Hall–Kier alpha value is -1.68. The fraction of sp³-hybridized carbons (Fsp3) is 0.474. The highest BCUT2D eigenvalue weighted by Crippen LogP contribution is 2.34. The standard InChI is InChI=1S/C19H22N2OS/c22-19(21(15-10-11-15)14-6-2-1-3-7-14)13-12-18-20-16-8-4-5-9-17(16)23-18/h4-5,8-9,12-15H,1-3,6-7,10-11H2/b13-12+. The van der Waals surface area contributed by atoms with Crippen LogP contribution in [-0.2, 0) is 4.79 Å². The van der Waals surface area contributed by atoms with Crippen molar-refractivity contribution in [2.75, 3.05) is 0 Å². The van der Waals surface area contributed by atoms with Gasteiger partial charge in [0.05, 0.1) is 10.2 Å². The lowest BCUT2D eigenvalue weighted by atomic mass is 9.94. The van der Waals surface area contributed by atoms with E-state index in [9.17, 15) is 4.79 Å². The first-order valence-corrected chi connectivity index (χ1v) is 9.49. The molecule has 2 saturated carbocycles. The second-order valence-corrected chi connectivity index (χ2v) is 7.68. The molecule has 23 heavy (non-hydrogen) atoms. The third kappa shape index (κ3) is 3.32. The molecule has 0 radical (unpaired) electrons. The summed E-state index contributed by atoms with van der Waals surface area (Å²) < 4.78 is 1.17. The zero-order chi connectivity index (χ0) is 15.6. The smallest absolute Gasteiger partial charge is 0.247 e. The number of benzene rings is 1. The fourth-order valence-corrected chi connectivity index (χ4v) is 4.43. The van der Waals surface area contributed by atoms with Crippen molar-refractivity contribution in [1.29, 1.82) is 0 Å². The first kappa shape index (κ1) is 14.9. The molecule has 0 N–H and O–H groups in total.